The lowest BCUT2D eigenvalue weighted by Gasteiger charge is -2.11. The molecule has 4 rings (SSSR count). The number of carbonyl (C=O) groups excluding carboxylic acids is 1. The van der Waals surface area contributed by atoms with Crippen molar-refractivity contribution in [1.29, 1.82) is 0 Å². The van der Waals surface area contributed by atoms with Gasteiger partial charge in [-0.3, -0.25) is 4.79 Å². The average Bonchev–Trinajstić information content (AvgIpc) is 3.41. The number of rotatable bonds is 6. The van der Waals surface area contributed by atoms with E-state index in [1.54, 1.807) is 30.3 Å². The summed E-state index contributed by atoms with van der Waals surface area (Å²) in [4.78, 5) is 12.3. The minimum Gasteiger partial charge on any atom is -0.483 e. The van der Waals surface area contributed by atoms with Crippen LogP contribution in [0.1, 0.15) is 11.1 Å². The minimum absolute atomic E-state index is 0.0856. The monoisotopic (exact) mass is 389 g/mol. The second-order valence-electron chi connectivity index (χ2n) is 6.51. The van der Waals surface area contributed by atoms with Gasteiger partial charge in [-0.2, -0.15) is 0 Å². The Bertz CT molecular complexity index is 1130. The minimum atomic E-state index is -0.259. The molecule has 2 heterocycles. The zero-order valence-corrected chi connectivity index (χ0v) is 16.0. The summed E-state index contributed by atoms with van der Waals surface area (Å²) in [5, 5.41) is 10.8. The van der Waals surface area contributed by atoms with Crippen molar-refractivity contribution in [1.82, 2.24) is 10.2 Å². The first kappa shape index (κ1) is 18.5. The van der Waals surface area contributed by atoms with Crippen LogP contribution in [0.15, 0.2) is 69.7 Å². The number of amides is 1. The second kappa shape index (κ2) is 8.02. The Hall–Kier alpha value is -3.87. The Kier molecular flexibility index (Phi) is 5.11. The standard InChI is InChI=1S/C22H19N3O4/c1-14-6-3-9-18(15(14)2)28-13-20(26)23-17-8-4-7-16(12-17)21-24-25-22(29-21)19-10-5-11-27-19/h3-12H,13H2,1-2H3,(H,23,26). The van der Waals surface area contributed by atoms with Gasteiger partial charge in [0.2, 0.25) is 5.89 Å². The van der Waals surface area contributed by atoms with Crippen molar-refractivity contribution in [2.45, 2.75) is 13.8 Å². The first-order chi connectivity index (χ1) is 14.1. The smallest absolute Gasteiger partial charge is 0.283 e. The first-order valence-corrected chi connectivity index (χ1v) is 9.07. The molecule has 29 heavy (non-hydrogen) atoms. The van der Waals surface area contributed by atoms with E-state index in [1.807, 2.05) is 38.1 Å². The molecule has 7 nitrogen and oxygen atoms in total. The Morgan fingerprint density at radius 3 is 2.69 bits per heavy atom. The zero-order chi connectivity index (χ0) is 20.2. The molecule has 2 aromatic heterocycles. The lowest BCUT2D eigenvalue weighted by Crippen LogP contribution is -2.20. The van der Waals surface area contributed by atoms with Gasteiger partial charge in [0.25, 0.3) is 11.8 Å². The van der Waals surface area contributed by atoms with Crippen molar-refractivity contribution < 1.29 is 18.4 Å². The number of hydrogen-bond donors (Lipinski definition) is 1. The van der Waals surface area contributed by atoms with Crippen molar-refractivity contribution in [3.8, 4) is 28.9 Å². The third-order valence-corrected chi connectivity index (χ3v) is 4.46. The van der Waals surface area contributed by atoms with E-state index < -0.39 is 0 Å². The maximum absolute atomic E-state index is 12.3. The molecular weight excluding hydrogens is 370 g/mol. The molecule has 0 bridgehead atoms. The van der Waals surface area contributed by atoms with Crippen LogP contribution in [0.5, 0.6) is 5.75 Å². The van der Waals surface area contributed by atoms with Crippen molar-refractivity contribution >= 4 is 11.6 Å². The molecule has 0 radical (unpaired) electrons. The number of nitrogens with zero attached hydrogens (tertiary/aromatic N) is 2. The normalized spacial score (nSPS) is 10.7. The number of benzene rings is 2. The van der Waals surface area contributed by atoms with Crippen LogP contribution in [0, 0.1) is 13.8 Å². The van der Waals surface area contributed by atoms with E-state index in [4.69, 9.17) is 13.6 Å². The highest BCUT2D eigenvalue weighted by Gasteiger charge is 2.13. The van der Waals surface area contributed by atoms with E-state index >= 15 is 0 Å². The lowest BCUT2D eigenvalue weighted by molar-refractivity contribution is -0.118. The fourth-order valence-corrected chi connectivity index (χ4v) is 2.79. The van der Waals surface area contributed by atoms with E-state index in [9.17, 15) is 4.79 Å². The first-order valence-electron chi connectivity index (χ1n) is 9.07. The van der Waals surface area contributed by atoms with Crippen LogP contribution in [0.2, 0.25) is 0 Å². The molecule has 0 saturated heterocycles. The van der Waals surface area contributed by atoms with Crippen LogP contribution >= 0.6 is 0 Å². The van der Waals surface area contributed by atoms with Crippen LogP contribution < -0.4 is 10.1 Å². The van der Waals surface area contributed by atoms with Gasteiger partial charge >= 0.3 is 0 Å². The van der Waals surface area contributed by atoms with E-state index in [1.165, 1.54) is 6.26 Å². The number of furan rings is 1. The highest BCUT2D eigenvalue weighted by molar-refractivity contribution is 5.92. The number of aromatic nitrogens is 2. The quantitative estimate of drug-likeness (QED) is 0.517. The topological polar surface area (TPSA) is 90.4 Å². The summed E-state index contributed by atoms with van der Waals surface area (Å²) in [5.41, 5.74) is 3.42. The van der Waals surface area contributed by atoms with Crippen LogP contribution in [0.3, 0.4) is 0 Å². The Morgan fingerprint density at radius 1 is 1.03 bits per heavy atom. The van der Waals surface area contributed by atoms with Crippen LogP contribution in [0.25, 0.3) is 23.1 Å². The summed E-state index contributed by atoms with van der Waals surface area (Å²) in [6.07, 6.45) is 1.54. The summed E-state index contributed by atoms with van der Waals surface area (Å²) in [6.45, 7) is 3.88. The number of carbonyl (C=O) groups is 1. The Labute approximate surface area is 167 Å². The van der Waals surface area contributed by atoms with Crippen molar-refractivity contribution in [3.05, 3.63) is 72.0 Å². The van der Waals surface area contributed by atoms with E-state index in [2.05, 4.69) is 15.5 Å². The average molecular weight is 389 g/mol. The molecule has 0 aliphatic rings. The molecule has 0 spiro atoms. The summed E-state index contributed by atoms with van der Waals surface area (Å²) < 4.78 is 16.6. The molecule has 0 unspecified atom stereocenters. The predicted molar refractivity (Wildman–Crippen MR) is 107 cm³/mol. The number of aryl methyl sites for hydroxylation is 1. The molecule has 1 amide bonds. The van der Waals surface area contributed by atoms with Gasteiger partial charge in [0, 0.05) is 11.3 Å². The van der Waals surface area contributed by atoms with E-state index in [-0.39, 0.29) is 12.5 Å². The maximum Gasteiger partial charge on any atom is 0.283 e. The molecule has 7 heteroatoms. The second-order valence-corrected chi connectivity index (χ2v) is 6.51. The largest absolute Gasteiger partial charge is 0.483 e. The summed E-state index contributed by atoms with van der Waals surface area (Å²) in [6, 6.07) is 16.4. The predicted octanol–water partition coefficient (Wildman–Crippen LogP) is 4.63. The fourth-order valence-electron chi connectivity index (χ4n) is 2.79. The van der Waals surface area contributed by atoms with Gasteiger partial charge in [0.05, 0.1) is 6.26 Å². The molecule has 0 aliphatic carbocycles. The molecule has 0 aliphatic heterocycles. The van der Waals surface area contributed by atoms with E-state index in [0.29, 0.717) is 34.5 Å². The van der Waals surface area contributed by atoms with Crippen molar-refractivity contribution in [3.63, 3.8) is 0 Å². The van der Waals surface area contributed by atoms with E-state index in [0.717, 1.165) is 11.1 Å². The zero-order valence-electron chi connectivity index (χ0n) is 16.0. The number of nitrogens with one attached hydrogen (secondary N) is 1. The molecule has 146 valence electrons. The lowest BCUT2D eigenvalue weighted by atomic mass is 10.1. The number of hydrogen-bond acceptors (Lipinski definition) is 6. The van der Waals surface area contributed by atoms with Gasteiger partial charge in [0.1, 0.15) is 5.75 Å². The summed E-state index contributed by atoms with van der Waals surface area (Å²) >= 11 is 0. The van der Waals surface area contributed by atoms with Gasteiger partial charge in [-0.1, -0.05) is 18.2 Å². The van der Waals surface area contributed by atoms with Gasteiger partial charge in [-0.05, 0) is 61.4 Å². The third-order valence-electron chi connectivity index (χ3n) is 4.46. The molecular formula is C22H19N3O4. The van der Waals surface area contributed by atoms with Crippen LogP contribution in [-0.2, 0) is 4.79 Å². The molecule has 2 aromatic carbocycles. The summed E-state index contributed by atoms with van der Waals surface area (Å²) in [5.74, 6) is 1.56. The van der Waals surface area contributed by atoms with Gasteiger partial charge in [-0.25, -0.2) is 0 Å². The molecule has 0 saturated carbocycles. The molecule has 0 atom stereocenters. The van der Waals surface area contributed by atoms with Crippen molar-refractivity contribution in [2.24, 2.45) is 0 Å². The molecule has 4 aromatic rings. The Morgan fingerprint density at radius 2 is 1.86 bits per heavy atom. The van der Waals surface area contributed by atoms with Crippen molar-refractivity contribution in [2.75, 3.05) is 11.9 Å². The highest BCUT2D eigenvalue weighted by atomic mass is 16.5. The summed E-state index contributed by atoms with van der Waals surface area (Å²) in [7, 11) is 0. The Balaban J connectivity index is 1.42. The number of ether oxygens (including phenoxy) is 1. The van der Waals surface area contributed by atoms with Gasteiger partial charge in [-0.15, -0.1) is 10.2 Å². The third kappa shape index (κ3) is 4.19. The molecule has 0 fully saturated rings. The van der Waals surface area contributed by atoms with Crippen LogP contribution in [0.4, 0.5) is 5.69 Å². The maximum atomic E-state index is 12.3. The van der Waals surface area contributed by atoms with Gasteiger partial charge < -0.3 is 18.9 Å². The van der Waals surface area contributed by atoms with Gasteiger partial charge in [0.15, 0.2) is 12.4 Å². The number of anilines is 1. The highest BCUT2D eigenvalue weighted by Crippen LogP contribution is 2.26. The SMILES string of the molecule is Cc1cccc(OCC(=O)Nc2cccc(-c3nnc(-c4ccco4)o3)c2)c1C. The molecule has 1 N–H and O–H groups in total. The fraction of sp³-hybridized carbons (Fsp3) is 0.136. The van der Waals surface area contributed by atoms with Crippen LogP contribution in [-0.4, -0.2) is 22.7 Å².